The van der Waals surface area contributed by atoms with Gasteiger partial charge in [-0.25, -0.2) is 0 Å². The minimum absolute atomic E-state index is 0.698. The van der Waals surface area contributed by atoms with Crippen LogP contribution in [0.15, 0.2) is 41.8 Å². The summed E-state index contributed by atoms with van der Waals surface area (Å²) in [6.07, 6.45) is 0. The van der Waals surface area contributed by atoms with E-state index in [0.29, 0.717) is 13.2 Å². The molecule has 0 amide bonds. The van der Waals surface area contributed by atoms with E-state index in [4.69, 9.17) is 4.74 Å². The number of thiophene rings is 1. The summed E-state index contributed by atoms with van der Waals surface area (Å²) in [7, 11) is -1.17. The highest BCUT2D eigenvalue weighted by Crippen LogP contribution is 2.11. The van der Waals surface area contributed by atoms with Gasteiger partial charge in [-0.05, 0) is 17.0 Å². The highest BCUT2D eigenvalue weighted by Gasteiger charge is 2.15. The Bertz CT molecular complexity index is 468. The van der Waals surface area contributed by atoms with Crippen LogP contribution >= 0.6 is 11.3 Å². The lowest BCUT2D eigenvalue weighted by Gasteiger charge is -2.16. The van der Waals surface area contributed by atoms with Crippen molar-refractivity contribution in [2.24, 2.45) is 0 Å². The first-order valence-corrected chi connectivity index (χ1v) is 10.6. The molecule has 0 aliphatic heterocycles. The van der Waals surface area contributed by atoms with E-state index >= 15 is 0 Å². The first-order chi connectivity index (χ1) is 8.55. The van der Waals surface area contributed by atoms with E-state index in [1.165, 1.54) is 15.6 Å². The second kappa shape index (κ2) is 5.82. The predicted octanol–water partition coefficient (Wildman–Crippen LogP) is 4.01. The van der Waals surface area contributed by atoms with Gasteiger partial charge in [0.25, 0.3) is 0 Å². The molecule has 96 valence electrons. The van der Waals surface area contributed by atoms with Gasteiger partial charge in [0.2, 0.25) is 0 Å². The highest BCUT2D eigenvalue weighted by molar-refractivity contribution is 7.09. The Morgan fingerprint density at radius 2 is 1.72 bits per heavy atom. The van der Waals surface area contributed by atoms with Crippen molar-refractivity contribution in [1.82, 2.24) is 0 Å². The number of hydrogen-bond acceptors (Lipinski definition) is 2. The largest absolute Gasteiger partial charge is 0.371 e. The van der Waals surface area contributed by atoms with Gasteiger partial charge in [-0.15, -0.1) is 11.3 Å². The zero-order valence-electron chi connectivity index (χ0n) is 11.3. The first-order valence-electron chi connectivity index (χ1n) is 6.25. The number of rotatable bonds is 5. The minimum Gasteiger partial charge on any atom is -0.371 e. The third-order valence-corrected chi connectivity index (χ3v) is 5.83. The molecule has 2 aromatic rings. The Morgan fingerprint density at radius 3 is 2.28 bits per heavy atom. The molecule has 18 heavy (non-hydrogen) atoms. The molecular weight excluding hydrogens is 256 g/mol. The van der Waals surface area contributed by atoms with E-state index in [1.807, 2.05) is 0 Å². The Hall–Kier alpha value is -0.903. The van der Waals surface area contributed by atoms with Crippen molar-refractivity contribution < 1.29 is 4.74 Å². The molecule has 1 aromatic carbocycles. The summed E-state index contributed by atoms with van der Waals surface area (Å²) in [5, 5.41) is 3.59. The number of hydrogen-bond donors (Lipinski definition) is 0. The topological polar surface area (TPSA) is 9.23 Å². The van der Waals surface area contributed by atoms with E-state index in [2.05, 4.69) is 61.4 Å². The second-order valence-electron chi connectivity index (χ2n) is 5.52. The minimum atomic E-state index is -1.17. The zero-order chi connectivity index (χ0) is 13.0. The fourth-order valence-corrected chi connectivity index (χ4v) is 3.57. The van der Waals surface area contributed by atoms with Gasteiger partial charge in [0.1, 0.15) is 0 Å². The normalized spacial score (nSPS) is 11.7. The first kappa shape index (κ1) is 13.5. The quantitative estimate of drug-likeness (QED) is 0.750. The maximum Gasteiger partial charge on any atom is 0.0813 e. The van der Waals surface area contributed by atoms with Gasteiger partial charge in [-0.2, -0.15) is 0 Å². The molecule has 0 unspecified atom stereocenters. The van der Waals surface area contributed by atoms with Crippen LogP contribution in [0.3, 0.4) is 0 Å². The average molecular weight is 276 g/mol. The van der Waals surface area contributed by atoms with Gasteiger partial charge in [-0.1, -0.05) is 55.2 Å². The molecule has 1 heterocycles. The van der Waals surface area contributed by atoms with Gasteiger partial charge in [0.15, 0.2) is 0 Å². The van der Waals surface area contributed by atoms with Gasteiger partial charge in [-0.3, -0.25) is 0 Å². The lowest BCUT2D eigenvalue weighted by Crippen LogP contribution is -2.37. The summed E-state index contributed by atoms with van der Waals surface area (Å²) < 4.78 is 5.71. The van der Waals surface area contributed by atoms with Crippen molar-refractivity contribution >= 4 is 24.6 Å². The van der Waals surface area contributed by atoms with Crippen molar-refractivity contribution in [2.45, 2.75) is 32.9 Å². The van der Waals surface area contributed by atoms with E-state index < -0.39 is 8.07 Å². The van der Waals surface area contributed by atoms with Crippen molar-refractivity contribution in [3.63, 3.8) is 0 Å². The molecule has 0 saturated heterocycles. The van der Waals surface area contributed by atoms with Crippen LogP contribution in [0, 0.1) is 0 Å². The zero-order valence-corrected chi connectivity index (χ0v) is 13.1. The average Bonchev–Trinajstić information content (AvgIpc) is 2.82. The van der Waals surface area contributed by atoms with Crippen molar-refractivity contribution in [2.75, 3.05) is 0 Å². The molecule has 3 heteroatoms. The molecule has 0 aliphatic rings. The lowest BCUT2D eigenvalue weighted by atomic mass is 10.2. The third kappa shape index (κ3) is 3.80. The highest BCUT2D eigenvalue weighted by atomic mass is 32.1. The summed E-state index contributed by atoms with van der Waals surface area (Å²) in [6, 6.07) is 13.1. The Balaban J connectivity index is 1.87. The summed E-state index contributed by atoms with van der Waals surface area (Å²) in [6.45, 7) is 8.53. The molecule has 0 N–H and O–H groups in total. The fourth-order valence-electron chi connectivity index (χ4n) is 1.77. The molecule has 0 radical (unpaired) electrons. The van der Waals surface area contributed by atoms with Crippen LogP contribution in [-0.4, -0.2) is 8.07 Å². The van der Waals surface area contributed by atoms with Crippen LogP contribution in [0.2, 0.25) is 19.6 Å². The molecule has 0 saturated carbocycles. The van der Waals surface area contributed by atoms with Crippen molar-refractivity contribution in [3.8, 4) is 0 Å². The second-order valence-corrected chi connectivity index (χ2v) is 11.6. The Labute approximate surface area is 114 Å². The molecule has 1 aromatic heterocycles. The molecule has 0 atom stereocenters. The SMILES string of the molecule is C[Si](C)(C)c1ccc(COCc2cccs2)cc1. The van der Waals surface area contributed by atoms with Crippen LogP contribution in [0.5, 0.6) is 0 Å². The van der Waals surface area contributed by atoms with Crippen LogP contribution in [0.25, 0.3) is 0 Å². The molecular formula is C15H20OSSi. The summed E-state index contributed by atoms with van der Waals surface area (Å²) in [5.41, 5.74) is 1.26. The Kier molecular flexibility index (Phi) is 4.38. The molecule has 1 nitrogen and oxygen atoms in total. The molecule has 0 fully saturated rings. The van der Waals surface area contributed by atoms with E-state index in [0.717, 1.165) is 0 Å². The number of ether oxygens (including phenoxy) is 1. The van der Waals surface area contributed by atoms with Crippen LogP contribution in [-0.2, 0) is 18.0 Å². The van der Waals surface area contributed by atoms with Crippen molar-refractivity contribution in [3.05, 3.63) is 52.2 Å². The van der Waals surface area contributed by atoms with Crippen LogP contribution in [0.4, 0.5) is 0 Å². The predicted molar refractivity (Wildman–Crippen MR) is 82.2 cm³/mol. The maximum absolute atomic E-state index is 5.71. The smallest absolute Gasteiger partial charge is 0.0813 e. The van der Waals surface area contributed by atoms with E-state index in [9.17, 15) is 0 Å². The lowest BCUT2D eigenvalue weighted by molar-refractivity contribution is 0.109. The molecule has 0 bridgehead atoms. The summed E-state index contributed by atoms with van der Waals surface area (Å²) in [5.74, 6) is 0. The third-order valence-electron chi connectivity index (χ3n) is 2.91. The monoisotopic (exact) mass is 276 g/mol. The molecule has 0 aliphatic carbocycles. The van der Waals surface area contributed by atoms with Gasteiger partial charge in [0, 0.05) is 4.88 Å². The summed E-state index contributed by atoms with van der Waals surface area (Å²) >= 11 is 1.74. The van der Waals surface area contributed by atoms with Gasteiger partial charge >= 0.3 is 0 Å². The molecule has 2 rings (SSSR count). The van der Waals surface area contributed by atoms with Crippen molar-refractivity contribution in [1.29, 1.82) is 0 Å². The molecule has 0 spiro atoms. The van der Waals surface area contributed by atoms with Crippen LogP contribution in [0.1, 0.15) is 10.4 Å². The maximum atomic E-state index is 5.71. The fraction of sp³-hybridized carbons (Fsp3) is 0.333. The Morgan fingerprint density at radius 1 is 1.00 bits per heavy atom. The van der Waals surface area contributed by atoms with Gasteiger partial charge in [0.05, 0.1) is 21.3 Å². The standard InChI is InChI=1S/C15H20OSSi/c1-18(2,3)15-8-6-13(7-9-15)11-16-12-14-5-4-10-17-14/h4-10H,11-12H2,1-3H3. The van der Waals surface area contributed by atoms with Gasteiger partial charge < -0.3 is 4.74 Å². The summed E-state index contributed by atoms with van der Waals surface area (Å²) in [4.78, 5) is 1.29. The van der Waals surface area contributed by atoms with E-state index in [-0.39, 0.29) is 0 Å². The van der Waals surface area contributed by atoms with E-state index in [1.54, 1.807) is 11.3 Å². The van der Waals surface area contributed by atoms with Crippen LogP contribution < -0.4 is 5.19 Å². The number of benzene rings is 1.